The van der Waals surface area contributed by atoms with Crippen molar-refractivity contribution in [1.29, 1.82) is 0 Å². The largest absolute Gasteiger partial charge is 0.490 e. The van der Waals surface area contributed by atoms with Gasteiger partial charge in [0.05, 0.1) is 11.3 Å². The smallest absolute Gasteiger partial charge is 0.475 e. The fraction of sp³-hybridized carbons (Fsp3) is 0.522. The lowest BCUT2D eigenvalue weighted by atomic mass is 9.82. The summed E-state index contributed by atoms with van der Waals surface area (Å²) in [6, 6.07) is 8.35. The van der Waals surface area contributed by atoms with Crippen molar-refractivity contribution < 1.29 is 50.9 Å². The Hall–Kier alpha value is -3.53. The van der Waals surface area contributed by atoms with Crippen LogP contribution in [-0.4, -0.2) is 85.7 Å². The summed E-state index contributed by atoms with van der Waals surface area (Å²) in [4.78, 5) is 33.3. The highest BCUT2D eigenvalue weighted by atomic mass is 19.4. The van der Waals surface area contributed by atoms with Crippen molar-refractivity contribution in [3.63, 3.8) is 0 Å². The molecular formula is C23H27F6N5O5. The molecule has 0 saturated carbocycles. The second-order valence-corrected chi connectivity index (χ2v) is 8.64. The van der Waals surface area contributed by atoms with Crippen LogP contribution in [0.15, 0.2) is 42.9 Å². The van der Waals surface area contributed by atoms with Crippen molar-refractivity contribution in [2.24, 2.45) is 0 Å². The molecule has 0 amide bonds. The molecule has 0 aliphatic carbocycles. The number of nitrogens with zero attached hydrogens (tertiary/aromatic N) is 4. The number of nitrogens with one attached hydrogen (secondary N) is 1. The number of aromatic nitrogens is 3. The summed E-state index contributed by atoms with van der Waals surface area (Å²) in [5, 5.41) is 17.7. The van der Waals surface area contributed by atoms with Crippen LogP contribution >= 0.6 is 0 Å². The number of likely N-dealkylation sites (tertiary alicyclic amines) is 1. The number of ether oxygens (including phenoxy) is 1. The molecule has 0 radical (unpaired) electrons. The monoisotopic (exact) mass is 567 g/mol. The number of hydrogen-bond acceptors (Lipinski definition) is 8. The van der Waals surface area contributed by atoms with E-state index in [1.54, 1.807) is 12.4 Å². The first kappa shape index (κ1) is 31.7. The van der Waals surface area contributed by atoms with E-state index in [1.165, 1.54) is 0 Å². The van der Waals surface area contributed by atoms with Gasteiger partial charge in [0.15, 0.2) is 0 Å². The average Bonchev–Trinajstić information content (AvgIpc) is 2.87. The van der Waals surface area contributed by atoms with Crippen LogP contribution in [0.25, 0.3) is 0 Å². The molecule has 39 heavy (non-hydrogen) atoms. The summed E-state index contributed by atoms with van der Waals surface area (Å²) in [6.45, 7) is 3.86. The number of hydrogen-bond donors (Lipinski definition) is 3. The maximum absolute atomic E-state index is 10.6. The molecule has 2 aliphatic rings. The van der Waals surface area contributed by atoms with Gasteiger partial charge in [-0.25, -0.2) is 19.6 Å². The lowest BCUT2D eigenvalue weighted by Crippen LogP contribution is -2.51. The molecular weight excluding hydrogens is 540 g/mol. The maximum Gasteiger partial charge on any atom is 0.490 e. The van der Waals surface area contributed by atoms with Crippen molar-refractivity contribution in [3.8, 4) is 0 Å². The number of alkyl halides is 6. The van der Waals surface area contributed by atoms with Crippen molar-refractivity contribution in [1.82, 2.24) is 19.9 Å². The zero-order chi connectivity index (χ0) is 29.1. The lowest BCUT2D eigenvalue weighted by Gasteiger charge is -2.46. The molecule has 1 atom stereocenters. The number of anilines is 1. The molecule has 2 fully saturated rings. The summed E-state index contributed by atoms with van der Waals surface area (Å²) in [6.07, 6.45) is -0.546. The van der Waals surface area contributed by atoms with Crippen molar-refractivity contribution >= 4 is 17.9 Å². The first-order valence-corrected chi connectivity index (χ1v) is 11.6. The topological polar surface area (TPSA) is 138 Å². The Kier molecular flexibility index (Phi) is 11.4. The molecule has 10 nitrogen and oxygen atoms in total. The number of carboxylic acid groups (broad SMARTS) is 2. The van der Waals surface area contributed by atoms with Crippen LogP contribution in [-0.2, 0) is 20.9 Å². The second-order valence-electron chi connectivity index (χ2n) is 8.64. The molecule has 216 valence electrons. The molecule has 2 aliphatic heterocycles. The van der Waals surface area contributed by atoms with Crippen LogP contribution < -0.4 is 5.32 Å². The van der Waals surface area contributed by atoms with Crippen LogP contribution in [0.1, 0.15) is 31.4 Å². The quantitative estimate of drug-likeness (QED) is 0.468. The van der Waals surface area contributed by atoms with Crippen LogP contribution in [0.3, 0.4) is 0 Å². The lowest BCUT2D eigenvalue weighted by molar-refractivity contribution is -0.193. The third-order valence-electron chi connectivity index (χ3n) is 5.76. The Morgan fingerprint density at radius 1 is 0.949 bits per heavy atom. The molecule has 4 heterocycles. The Bertz CT molecular complexity index is 1010. The number of piperidine rings is 1. The minimum atomic E-state index is -5.08. The molecule has 2 aromatic heterocycles. The van der Waals surface area contributed by atoms with E-state index in [4.69, 9.17) is 24.5 Å². The molecule has 1 spiro atoms. The Morgan fingerprint density at radius 2 is 1.49 bits per heavy atom. The third-order valence-corrected chi connectivity index (χ3v) is 5.76. The van der Waals surface area contributed by atoms with Gasteiger partial charge in [-0.3, -0.25) is 9.88 Å². The van der Waals surface area contributed by atoms with E-state index in [9.17, 15) is 26.3 Å². The van der Waals surface area contributed by atoms with Gasteiger partial charge in [-0.15, -0.1) is 0 Å². The van der Waals surface area contributed by atoms with E-state index in [0.29, 0.717) is 6.04 Å². The van der Waals surface area contributed by atoms with Gasteiger partial charge in [-0.05, 0) is 43.9 Å². The van der Waals surface area contributed by atoms with Crippen LogP contribution in [0.5, 0.6) is 0 Å². The number of pyridine rings is 1. The summed E-state index contributed by atoms with van der Waals surface area (Å²) >= 11 is 0. The number of carbonyl (C=O) groups is 2. The van der Waals surface area contributed by atoms with Gasteiger partial charge in [0.2, 0.25) is 5.95 Å². The number of carboxylic acids is 2. The van der Waals surface area contributed by atoms with Gasteiger partial charge >= 0.3 is 24.3 Å². The molecule has 1 unspecified atom stereocenters. The van der Waals surface area contributed by atoms with Crippen LogP contribution in [0.4, 0.5) is 32.3 Å². The SMILES string of the molecule is O=C(O)C(F)(F)F.O=C(O)C(F)(F)F.c1ccc(CN2CCC3(CC2)CC(Nc2ncccn2)CCO3)nc1. The normalized spacial score (nSPS) is 19.1. The highest BCUT2D eigenvalue weighted by molar-refractivity contribution is 5.73. The van der Waals surface area contributed by atoms with E-state index in [-0.39, 0.29) is 5.60 Å². The first-order valence-electron chi connectivity index (χ1n) is 11.6. The van der Waals surface area contributed by atoms with Gasteiger partial charge < -0.3 is 20.3 Å². The van der Waals surface area contributed by atoms with Gasteiger partial charge in [-0.1, -0.05) is 6.07 Å². The van der Waals surface area contributed by atoms with E-state index >= 15 is 0 Å². The Labute approximate surface area is 219 Å². The molecule has 0 bridgehead atoms. The summed E-state index contributed by atoms with van der Waals surface area (Å²) in [5.74, 6) is -4.79. The Balaban J connectivity index is 0.000000317. The summed E-state index contributed by atoms with van der Waals surface area (Å²) in [7, 11) is 0. The summed E-state index contributed by atoms with van der Waals surface area (Å²) < 4.78 is 69.7. The van der Waals surface area contributed by atoms with Gasteiger partial charge in [-0.2, -0.15) is 26.3 Å². The van der Waals surface area contributed by atoms with Crippen molar-refractivity contribution in [2.75, 3.05) is 25.0 Å². The average molecular weight is 567 g/mol. The molecule has 16 heteroatoms. The predicted octanol–water partition coefficient (Wildman–Crippen LogP) is 3.76. The fourth-order valence-electron chi connectivity index (χ4n) is 3.90. The fourth-order valence-corrected chi connectivity index (χ4v) is 3.90. The molecule has 2 aromatic rings. The molecule has 3 N–H and O–H groups in total. The first-order chi connectivity index (χ1) is 18.2. The van der Waals surface area contributed by atoms with E-state index in [2.05, 4.69) is 37.3 Å². The molecule has 0 aromatic carbocycles. The van der Waals surface area contributed by atoms with E-state index in [1.807, 2.05) is 18.3 Å². The molecule has 4 rings (SSSR count). The number of halogens is 6. The Morgan fingerprint density at radius 3 is 1.97 bits per heavy atom. The standard InChI is InChI=1S/C19H25N5O.2C2HF3O2/c1-2-8-20-17(4-1)15-24-11-6-19(7-12-24)14-16(5-13-25-19)23-18-21-9-3-10-22-18;2*3-2(4,5)1(6)7/h1-4,8-10,16H,5-7,11-15H2,(H,21,22,23);2*(H,6,7). The predicted molar refractivity (Wildman–Crippen MR) is 123 cm³/mol. The minimum absolute atomic E-state index is 0.00527. The zero-order valence-electron chi connectivity index (χ0n) is 20.5. The van der Waals surface area contributed by atoms with E-state index < -0.39 is 24.3 Å². The highest BCUT2D eigenvalue weighted by Crippen LogP contribution is 2.36. The van der Waals surface area contributed by atoms with Gasteiger partial charge in [0.25, 0.3) is 0 Å². The third kappa shape index (κ3) is 11.4. The van der Waals surface area contributed by atoms with Gasteiger partial charge in [0, 0.05) is 50.9 Å². The molecule has 2 saturated heterocycles. The van der Waals surface area contributed by atoms with Crippen molar-refractivity contribution in [3.05, 3.63) is 48.5 Å². The second kappa shape index (κ2) is 14.0. The number of rotatable bonds is 4. The van der Waals surface area contributed by atoms with Gasteiger partial charge in [0.1, 0.15) is 0 Å². The zero-order valence-corrected chi connectivity index (χ0v) is 20.5. The van der Waals surface area contributed by atoms with Crippen molar-refractivity contribution in [2.45, 2.75) is 56.2 Å². The summed E-state index contributed by atoms with van der Waals surface area (Å²) in [5.41, 5.74) is 1.15. The van der Waals surface area contributed by atoms with Crippen LogP contribution in [0, 0.1) is 0 Å². The van der Waals surface area contributed by atoms with Crippen LogP contribution in [0.2, 0.25) is 0 Å². The van der Waals surface area contributed by atoms with E-state index in [0.717, 1.165) is 63.6 Å². The maximum atomic E-state index is 10.6. The number of aliphatic carboxylic acids is 2. The highest BCUT2D eigenvalue weighted by Gasteiger charge is 2.41. The minimum Gasteiger partial charge on any atom is -0.475 e.